The Morgan fingerprint density at radius 2 is 2.00 bits per heavy atom. The summed E-state index contributed by atoms with van der Waals surface area (Å²) in [5.41, 5.74) is 1.02. The first-order valence-corrected chi connectivity index (χ1v) is 3.82. The second-order valence-corrected chi connectivity index (χ2v) is 2.78. The Labute approximate surface area is 71.1 Å². The van der Waals surface area contributed by atoms with Crippen LogP contribution in [0.25, 0.3) is 0 Å². The molecule has 12 heavy (non-hydrogen) atoms. The topological polar surface area (TPSA) is 35.2 Å². The summed E-state index contributed by atoms with van der Waals surface area (Å²) < 4.78 is 12.5. The van der Waals surface area contributed by atoms with Gasteiger partial charge >= 0.3 is 0 Å². The van der Waals surface area contributed by atoms with Gasteiger partial charge in [0.25, 0.3) is 0 Å². The minimum Gasteiger partial charge on any atom is -0.301 e. The van der Waals surface area contributed by atoms with Gasteiger partial charge in [0, 0.05) is 6.42 Å². The molecular weight excluding hydrogens is 157 g/mol. The van der Waals surface area contributed by atoms with E-state index in [1.807, 2.05) is 6.92 Å². The summed E-state index contributed by atoms with van der Waals surface area (Å²) in [7, 11) is 0. The van der Waals surface area contributed by atoms with Crippen LogP contribution in [0.4, 0.5) is 4.39 Å². The molecule has 0 aliphatic rings. The van der Waals surface area contributed by atoms with Gasteiger partial charge in [0.2, 0.25) is 0 Å². The third-order valence-electron chi connectivity index (χ3n) is 1.67. The Balaban J connectivity index is 2.58. The van der Waals surface area contributed by atoms with Crippen LogP contribution in [0.2, 0.25) is 0 Å². The molecule has 0 spiro atoms. The van der Waals surface area contributed by atoms with Gasteiger partial charge < -0.3 is 4.84 Å². The minimum absolute atomic E-state index is 0.0320. The first-order chi connectivity index (χ1) is 5.72. The average molecular weight is 169 g/mol. The summed E-state index contributed by atoms with van der Waals surface area (Å²) in [6, 6.07) is 6.31. The monoisotopic (exact) mass is 169 g/mol. The molecule has 3 heteroatoms. The van der Waals surface area contributed by atoms with Gasteiger partial charge in [0.1, 0.15) is 5.82 Å². The van der Waals surface area contributed by atoms with Crippen molar-refractivity contribution in [2.45, 2.75) is 19.4 Å². The summed E-state index contributed by atoms with van der Waals surface area (Å²) in [5, 5.41) is 0. The molecule has 0 aliphatic carbocycles. The smallest absolute Gasteiger partial charge is 0.123 e. The summed E-state index contributed by atoms with van der Waals surface area (Å²) >= 11 is 0. The van der Waals surface area contributed by atoms with E-state index in [0.717, 1.165) is 5.56 Å². The molecule has 0 radical (unpaired) electrons. The third-order valence-corrected chi connectivity index (χ3v) is 1.67. The van der Waals surface area contributed by atoms with Crippen LogP contribution in [0, 0.1) is 5.82 Å². The normalized spacial score (nSPS) is 12.9. The van der Waals surface area contributed by atoms with Crippen LogP contribution in [-0.2, 0) is 11.3 Å². The lowest BCUT2D eigenvalue weighted by molar-refractivity contribution is 0.0670. The molecule has 0 amide bonds. The Morgan fingerprint density at radius 1 is 1.42 bits per heavy atom. The molecule has 1 atom stereocenters. The van der Waals surface area contributed by atoms with Crippen molar-refractivity contribution in [2.75, 3.05) is 0 Å². The highest BCUT2D eigenvalue weighted by atomic mass is 19.1. The molecule has 0 saturated carbocycles. The highest BCUT2D eigenvalue weighted by Gasteiger charge is 2.01. The van der Waals surface area contributed by atoms with Crippen LogP contribution >= 0.6 is 0 Å². The van der Waals surface area contributed by atoms with Gasteiger partial charge in [-0.15, -0.1) is 0 Å². The zero-order chi connectivity index (χ0) is 8.97. The lowest BCUT2D eigenvalue weighted by Gasteiger charge is -2.07. The maximum atomic E-state index is 12.5. The van der Waals surface area contributed by atoms with E-state index in [-0.39, 0.29) is 11.9 Å². The van der Waals surface area contributed by atoms with Crippen molar-refractivity contribution in [1.82, 2.24) is 0 Å². The molecule has 0 fully saturated rings. The van der Waals surface area contributed by atoms with Gasteiger partial charge in [0.15, 0.2) is 0 Å². The number of hydrogen-bond donors (Lipinski definition) is 1. The van der Waals surface area contributed by atoms with Crippen LogP contribution in [0.1, 0.15) is 12.5 Å². The number of rotatable bonds is 3. The van der Waals surface area contributed by atoms with Gasteiger partial charge in [-0.3, -0.25) is 0 Å². The van der Waals surface area contributed by atoms with Crippen molar-refractivity contribution in [1.29, 1.82) is 0 Å². The molecular formula is C9H12FNO. The van der Waals surface area contributed by atoms with Crippen LogP contribution in [0.3, 0.4) is 0 Å². The molecule has 1 rings (SSSR count). The molecule has 0 aliphatic heterocycles. The summed E-state index contributed by atoms with van der Waals surface area (Å²) in [6.45, 7) is 1.86. The van der Waals surface area contributed by atoms with Crippen molar-refractivity contribution in [3.63, 3.8) is 0 Å². The second-order valence-electron chi connectivity index (χ2n) is 2.78. The lowest BCUT2D eigenvalue weighted by atomic mass is 10.1. The number of nitrogens with two attached hydrogens (primary N) is 1. The van der Waals surface area contributed by atoms with Crippen LogP contribution in [0.15, 0.2) is 24.3 Å². The quantitative estimate of drug-likeness (QED) is 0.698. The van der Waals surface area contributed by atoms with E-state index in [0.29, 0.717) is 6.42 Å². The molecule has 1 unspecified atom stereocenters. The maximum absolute atomic E-state index is 12.5. The Kier molecular flexibility index (Phi) is 3.19. The van der Waals surface area contributed by atoms with Gasteiger partial charge in [-0.2, -0.15) is 0 Å². The molecule has 0 saturated heterocycles. The summed E-state index contributed by atoms with van der Waals surface area (Å²) in [5.74, 6) is 4.75. The molecule has 0 heterocycles. The standard InChI is InChI=1S/C9H12FNO/c1-7(12-11)6-8-2-4-9(10)5-3-8/h2-5,7H,6,11H2,1H3. The lowest BCUT2D eigenvalue weighted by Crippen LogP contribution is -2.15. The van der Waals surface area contributed by atoms with Crippen LogP contribution in [-0.4, -0.2) is 6.10 Å². The fourth-order valence-corrected chi connectivity index (χ4v) is 1.00. The van der Waals surface area contributed by atoms with E-state index in [1.165, 1.54) is 12.1 Å². The van der Waals surface area contributed by atoms with Crippen molar-refractivity contribution < 1.29 is 9.23 Å². The molecule has 0 aromatic heterocycles. The first kappa shape index (κ1) is 9.16. The van der Waals surface area contributed by atoms with Crippen molar-refractivity contribution in [2.24, 2.45) is 5.90 Å². The molecule has 2 N–H and O–H groups in total. The highest BCUT2D eigenvalue weighted by molar-refractivity contribution is 5.16. The third kappa shape index (κ3) is 2.60. The van der Waals surface area contributed by atoms with Gasteiger partial charge in [-0.1, -0.05) is 12.1 Å². The number of benzene rings is 1. The SMILES string of the molecule is CC(Cc1ccc(F)cc1)ON. The van der Waals surface area contributed by atoms with Gasteiger partial charge in [0.05, 0.1) is 6.10 Å². The second kappa shape index (κ2) is 4.18. The fourth-order valence-electron chi connectivity index (χ4n) is 1.00. The summed E-state index contributed by atoms with van der Waals surface area (Å²) in [4.78, 5) is 4.59. The fraction of sp³-hybridized carbons (Fsp3) is 0.333. The van der Waals surface area contributed by atoms with E-state index < -0.39 is 0 Å². The van der Waals surface area contributed by atoms with Crippen molar-refractivity contribution >= 4 is 0 Å². The zero-order valence-electron chi connectivity index (χ0n) is 6.96. The number of halogens is 1. The predicted octanol–water partition coefficient (Wildman–Crippen LogP) is 1.65. The Morgan fingerprint density at radius 3 is 2.50 bits per heavy atom. The van der Waals surface area contributed by atoms with E-state index in [4.69, 9.17) is 5.90 Å². The van der Waals surface area contributed by atoms with Gasteiger partial charge in [-0.05, 0) is 24.6 Å². The van der Waals surface area contributed by atoms with Crippen molar-refractivity contribution in [3.8, 4) is 0 Å². The van der Waals surface area contributed by atoms with Crippen molar-refractivity contribution in [3.05, 3.63) is 35.6 Å². The van der Waals surface area contributed by atoms with Gasteiger partial charge in [-0.25, -0.2) is 10.3 Å². The first-order valence-electron chi connectivity index (χ1n) is 3.82. The summed E-state index contributed by atoms with van der Waals surface area (Å²) in [6.07, 6.45) is 0.673. The Hall–Kier alpha value is -0.930. The molecule has 0 bridgehead atoms. The minimum atomic E-state index is -0.222. The molecule has 1 aromatic carbocycles. The van der Waals surface area contributed by atoms with E-state index >= 15 is 0 Å². The maximum Gasteiger partial charge on any atom is 0.123 e. The van der Waals surface area contributed by atoms with E-state index in [1.54, 1.807) is 12.1 Å². The highest BCUT2D eigenvalue weighted by Crippen LogP contribution is 2.06. The molecule has 2 nitrogen and oxygen atoms in total. The number of hydrogen-bond acceptors (Lipinski definition) is 2. The molecule has 1 aromatic rings. The zero-order valence-corrected chi connectivity index (χ0v) is 6.96. The Bertz CT molecular complexity index is 235. The molecule has 66 valence electrons. The van der Waals surface area contributed by atoms with Crippen LogP contribution < -0.4 is 5.90 Å². The van der Waals surface area contributed by atoms with E-state index in [9.17, 15) is 4.39 Å². The predicted molar refractivity (Wildman–Crippen MR) is 44.8 cm³/mol. The largest absolute Gasteiger partial charge is 0.301 e. The average Bonchev–Trinajstić information content (AvgIpc) is 2.09. The van der Waals surface area contributed by atoms with E-state index in [2.05, 4.69) is 4.84 Å². The van der Waals surface area contributed by atoms with Crippen LogP contribution in [0.5, 0.6) is 0 Å².